The van der Waals surface area contributed by atoms with Gasteiger partial charge in [-0.3, -0.25) is 0 Å². The summed E-state index contributed by atoms with van der Waals surface area (Å²) >= 11 is 5.31. The van der Waals surface area contributed by atoms with Crippen molar-refractivity contribution in [1.82, 2.24) is 4.90 Å². The molecule has 1 fully saturated rings. The quantitative estimate of drug-likeness (QED) is 0.562. The fourth-order valence-electron chi connectivity index (χ4n) is 1.69. The van der Waals surface area contributed by atoms with Crippen LogP contribution >= 0.6 is 12.2 Å². The van der Waals surface area contributed by atoms with Gasteiger partial charge < -0.3 is 16.0 Å². The van der Waals surface area contributed by atoms with Gasteiger partial charge in [0.2, 0.25) is 0 Å². The molecule has 0 unspecified atom stereocenters. The average molecular weight is 221 g/mol. The molecule has 2 rings (SSSR count). The first-order chi connectivity index (χ1) is 7.25. The molecule has 1 aliphatic heterocycles. The van der Waals surface area contributed by atoms with Gasteiger partial charge in [-0.15, -0.1) is 0 Å². The minimum absolute atomic E-state index is 0.771. The first kappa shape index (κ1) is 10.2. The molecule has 0 spiro atoms. The molecule has 0 saturated carbocycles. The highest BCUT2D eigenvalue weighted by atomic mass is 32.1. The SMILES string of the molecule is Nc1ccc(NC(=S)N2CCCC2)cc1. The molecule has 1 aromatic rings. The normalized spacial score (nSPS) is 15.3. The van der Waals surface area contributed by atoms with Crippen LogP contribution in [0.25, 0.3) is 0 Å². The number of thiocarbonyl (C=S) groups is 1. The molecule has 4 heteroatoms. The summed E-state index contributed by atoms with van der Waals surface area (Å²) in [6.07, 6.45) is 2.48. The van der Waals surface area contributed by atoms with Crippen molar-refractivity contribution < 1.29 is 0 Å². The Morgan fingerprint density at radius 1 is 1.20 bits per heavy atom. The first-order valence-electron chi connectivity index (χ1n) is 5.17. The van der Waals surface area contributed by atoms with Crippen molar-refractivity contribution in [2.24, 2.45) is 0 Å². The maximum atomic E-state index is 5.61. The smallest absolute Gasteiger partial charge is 0.173 e. The summed E-state index contributed by atoms with van der Waals surface area (Å²) in [6, 6.07) is 7.62. The number of rotatable bonds is 1. The fraction of sp³-hybridized carbons (Fsp3) is 0.364. The van der Waals surface area contributed by atoms with Crippen LogP contribution in [0.15, 0.2) is 24.3 Å². The Kier molecular flexibility index (Phi) is 3.06. The zero-order chi connectivity index (χ0) is 10.7. The van der Waals surface area contributed by atoms with Gasteiger partial charge in [0.25, 0.3) is 0 Å². The molecule has 0 atom stereocenters. The zero-order valence-corrected chi connectivity index (χ0v) is 9.39. The fourth-order valence-corrected chi connectivity index (χ4v) is 1.99. The van der Waals surface area contributed by atoms with Crippen molar-refractivity contribution in [1.29, 1.82) is 0 Å². The predicted molar refractivity (Wildman–Crippen MR) is 67.9 cm³/mol. The van der Waals surface area contributed by atoms with Crippen LogP contribution in [0.5, 0.6) is 0 Å². The highest BCUT2D eigenvalue weighted by molar-refractivity contribution is 7.80. The second-order valence-electron chi connectivity index (χ2n) is 3.75. The molecule has 1 saturated heterocycles. The number of likely N-dealkylation sites (tertiary alicyclic amines) is 1. The summed E-state index contributed by atoms with van der Waals surface area (Å²) < 4.78 is 0. The minimum Gasteiger partial charge on any atom is -0.399 e. The number of hydrogen-bond acceptors (Lipinski definition) is 2. The van der Waals surface area contributed by atoms with E-state index in [9.17, 15) is 0 Å². The van der Waals surface area contributed by atoms with E-state index in [0.29, 0.717) is 0 Å². The van der Waals surface area contributed by atoms with Gasteiger partial charge in [-0.05, 0) is 49.3 Å². The Morgan fingerprint density at radius 3 is 2.40 bits per heavy atom. The molecule has 3 nitrogen and oxygen atoms in total. The molecule has 0 bridgehead atoms. The maximum Gasteiger partial charge on any atom is 0.173 e. The van der Waals surface area contributed by atoms with E-state index < -0.39 is 0 Å². The third kappa shape index (κ3) is 2.59. The van der Waals surface area contributed by atoms with Gasteiger partial charge in [0, 0.05) is 24.5 Å². The van der Waals surface area contributed by atoms with Gasteiger partial charge in [0.15, 0.2) is 5.11 Å². The van der Waals surface area contributed by atoms with Crippen LogP contribution in [-0.4, -0.2) is 23.1 Å². The Balaban J connectivity index is 1.96. The van der Waals surface area contributed by atoms with Gasteiger partial charge in [0.1, 0.15) is 0 Å². The molecule has 0 aliphatic carbocycles. The third-order valence-electron chi connectivity index (χ3n) is 2.56. The maximum absolute atomic E-state index is 5.61. The van der Waals surface area contributed by atoms with E-state index in [1.54, 1.807) is 0 Å². The van der Waals surface area contributed by atoms with E-state index in [4.69, 9.17) is 18.0 Å². The van der Waals surface area contributed by atoms with Crippen molar-refractivity contribution in [3.8, 4) is 0 Å². The number of nitrogens with one attached hydrogen (secondary N) is 1. The van der Waals surface area contributed by atoms with E-state index in [-0.39, 0.29) is 0 Å². The number of anilines is 2. The standard InChI is InChI=1S/C11H15N3S/c12-9-3-5-10(6-4-9)13-11(15)14-7-1-2-8-14/h3-6H,1-2,7-8,12H2,(H,13,15). The lowest BCUT2D eigenvalue weighted by atomic mass is 10.3. The van der Waals surface area contributed by atoms with Crippen LogP contribution in [0.4, 0.5) is 11.4 Å². The lowest BCUT2D eigenvalue weighted by molar-refractivity contribution is 0.528. The summed E-state index contributed by atoms with van der Waals surface area (Å²) in [4.78, 5) is 2.20. The van der Waals surface area contributed by atoms with Crippen molar-refractivity contribution in [3.05, 3.63) is 24.3 Å². The van der Waals surface area contributed by atoms with E-state index >= 15 is 0 Å². The Morgan fingerprint density at radius 2 is 1.80 bits per heavy atom. The number of nitrogen functional groups attached to an aromatic ring is 1. The molecule has 15 heavy (non-hydrogen) atoms. The monoisotopic (exact) mass is 221 g/mol. The zero-order valence-electron chi connectivity index (χ0n) is 8.57. The molecule has 0 amide bonds. The average Bonchev–Trinajstić information content (AvgIpc) is 2.74. The highest BCUT2D eigenvalue weighted by Crippen LogP contribution is 2.13. The van der Waals surface area contributed by atoms with Gasteiger partial charge in [0.05, 0.1) is 0 Å². The number of benzene rings is 1. The second-order valence-corrected chi connectivity index (χ2v) is 4.13. The molecule has 3 N–H and O–H groups in total. The lowest BCUT2D eigenvalue weighted by Crippen LogP contribution is -2.31. The summed E-state index contributed by atoms with van der Waals surface area (Å²) in [5.41, 5.74) is 7.38. The molecule has 80 valence electrons. The summed E-state index contributed by atoms with van der Waals surface area (Å²) in [5.74, 6) is 0. The number of nitrogens with two attached hydrogens (primary N) is 1. The van der Waals surface area contributed by atoms with Gasteiger partial charge in [-0.2, -0.15) is 0 Å². The number of nitrogens with zero attached hydrogens (tertiary/aromatic N) is 1. The Labute approximate surface area is 95.3 Å². The van der Waals surface area contributed by atoms with E-state index in [1.165, 1.54) is 12.8 Å². The van der Waals surface area contributed by atoms with Crippen molar-refractivity contribution in [2.45, 2.75) is 12.8 Å². The van der Waals surface area contributed by atoms with Crippen LogP contribution < -0.4 is 11.1 Å². The molecule has 1 aliphatic rings. The molecule has 1 heterocycles. The highest BCUT2D eigenvalue weighted by Gasteiger charge is 2.14. The number of hydrogen-bond donors (Lipinski definition) is 2. The minimum atomic E-state index is 0.771. The van der Waals surface area contributed by atoms with E-state index in [1.807, 2.05) is 24.3 Å². The summed E-state index contributed by atoms with van der Waals surface area (Å²) in [6.45, 7) is 2.14. The van der Waals surface area contributed by atoms with Crippen molar-refractivity contribution in [2.75, 3.05) is 24.1 Å². The Hall–Kier alpha value is -1.29. The van der Waals surface area contributed by atoms with Crippen molar-refractivity contribution >= 4 is 28.7 Å². The molecular weight excluding hydrogens is 206 g/mol. The van der Waals surface area contributed by atoms with Crippen LogP contribution in [0.2, 0.25) is 0 Å². The third-order valence-corrected chi connectivity index (χ3v) is 2.92. The largest absolute Gasteiger partial charge is 0.399 e. The van der Waals surface area contributed by atoms with Crippen LogP contribution in [-0.2, 0) is 0 Å². The van der Waals surface area contributed by atoms with Crippen LogP contribution in [0.3, 0.4) is 0 Å². The van der Waals surface area contributed by atoms with Crippen LogP contribution in [0, 0.1) is 0 Å². The molecule has 1 aromatic carbocycles. The predicted octanol–water partition coefficient (Wildman–Crippen LogP) is 2.06. The van der Waals surface area contributed by atoms with Gasteiger partial charge in [-0.25, -0.2) is 0 Å². The lowest BCUT2D eigenvalue weighted by Gasteiger charge is -2.19. The van der Waals surface area contributed by atoms with E-state index in [2.05, 4.69) is 10.2 Å². The molecular formula is C11H15N3S. The first-order valence-corrected chi connectivity index (χ1v) is 5.58. The van der Waals surface area contributed by atoms with E-state index in [0.717, 1.165) is 29.6 Å². The van der Waals surface area contributed by atoms with Gasteiger partial charge >= 0.3 is 0 Å². The molecule has 0 radical (unpaired) electrons. The van der Waals surface area contributed by atoms with Crippen LogP contribution in [0.1, 0.15) is 12.8 Å². The Bertz CT molecular complexity index is 341. The summed E-state index contributed by atoms with van der Waals surface area (Å²) in [5, 5.41) is 4.03. The summed E-state index contributed by atoms with van der Waals surface area (Å²) in [7, 11) is 0. The van der Waals surface area contributed by atoms with Gasteiger partial charge in [-0.1, -0.05) is 0 Å². The van der Waals surface area contributed by atoms with Crippen molar-refractivity contribution in [3.63, 3.8) is 0 Å². The topological polar surface area (TPSA) is 41.3 Å². The second kappa shape index (κ2) is 4.49. The molecule has 0 aromatic heterocycles.